The number of rotatable bonds is 6. The molecule has 0 radical (unpaired) electrons. The Morgan fingerprint density at radius 1 is 1.32 bits per heavy atom. The SMILES string of the molecule is CCC(N)CCNc1nccc2c(OC)cccc12. The number of methoxy groups -OCH3 is 1. The highest BCUT2D eigenvalue weighted by Gasteiger charge is 2.06. The van der Waals surface area contributed by atoms with Crippen LogP contribution in [0.2, 0.25) is 0 Å². The van der Waals surface area contributed by atoms with Crippen molar-refractivity contribution in [1.82, 2.24) is 4.98 Å². The molecule has 1 aromatic heterocycles. The molecule has 1 aromatic carbocycles. The summed E-state index contributed by atoms with van der Waals surface area (Å²) in [6.07, 6.45) is 3.74. The van der Waals surface area contributed by atoms with Crippen LogP contribution in [0.15, 0.2) is 30.5 Å². The molecule has 4 heteroatoms. The molecule has 2 rings (SSSR count). The summed E-state index contributed by atoms with van der Waals surface area (Å²) in [5.74, 6) is 1.76. The van der Waals surface area contributed by atoms with Gasteiger partial charge in [-0.05, 0) is 25.0 Å². The third-order valence-electron chi connectivity index (χ3n) is 3.32. The van der Waals surface area contributed by atoms with Crippen LogP contribution in [0.5, 0.6) is 5.75 Å². The minimum absolute atomic E-state index is 0.247. The quantitative estimate of drug-likeness (QED) is 0.837. The summed E-state index contributed by atoms with van der Waals surface area (Å²) in [4.78, 5) is 4.40. The Morgan fingerprint density at radius 2 is 2.16 bits per heavy atom. The van der Waals surface area contributed by atoms with Gasteiger partial charge < -0.3 is 15.8 Å². The molecule has 1 atom stereocenters. The Bertz CT molecular complexity index is 542. The lowest BCUT2D eigenvalue weighted by Crippen LogP contribution is -2.22. The van der Waals surface area contributed by atoms with Crippen molar-refractivity contribution in [3.63, 3.8) is 0 Å². The first-order chi connectivity index (χ1) is 9.26. The zero-order chi connectivity index (χ0) is 13.7. The highest BCUT2D eigenvalue weighted by molar-refractivity contribution is 5.95. The van der Waals surface area contributed by atoms with Crippen molar-refractivity contribution in [3.8, 4) is 5.75 Å². The highest BCUT2D eigenvalue weighted by atomic mass is 16.5. The maximum atomic E-state index is 5.91. The number of hydrogen-bond donors (Lipinski definition) is 2. The molecule has 0 spiro atoms. The predicted molar refractivity (Wildman–Crippen MR) is 79.7 cm³/mol. The maximum absolute atomic E-state index is 5.91. The zero-order valence-electron chi connectivity index (χ0n) is 11.5. The van der Waals surface area contributed by atoms with Gasteiger partial charge in [0.05, 0.1) is 7.11 Å². The molecular formula is C15H21N3O. The number of hydrogen-bond acceptors (Lipinski definition) is 4. The lowest BCUT2D eigenvalue weighted by atomic mass is 10.1. The van der Waals surface area contributed by atoms with Crippen molar-refractivity contribution in [1.29, 1.82) is 0 Å². The Kier molecular flexibility index (Phi) is 4.58. The van der Waals surface area contributed by atoms with Gasteiger partial charge in [-0.3, -0.25) is 0 Å². The predicted octanol–water partition coefficient (Wildman–Crippen LogP) is 2.78. The van der Waals surface area contributed by atoms with Gasteiger partial charge in [0.25, 0.3) is 0 Å². The molecule has 1 heterocycles. The largest absolute Gasteiger partial charge is 0.496 e. The van der Waals surface area contributed by atoms with E-state index in [9.17, 15) is 0 Å². The van der Waals surface area contributed by atoms with Crippen molar-refractivity contribution in [3.05, 3.63) is 30.5 Å². The normalized spacial score (nSPS) is 12.4. The van der Waals surface area contributed by atoms with E-state index in [1.807, 2.05) is 24.3 Å². The first-order valence-electron chi connectivity index (χ1n) is 6.67. The number of pyridine rings is 1. The van der Waals surface area contributed by atoms with Gasteiger partial charge in [0.1, 0.15) is 11.6 Å². The number of nitrogens with two attached hydrogens (primary N) is 1. The van der Waals surface area contributed by atoms with Gasteiger partial charge >= 0.3 is 0 Å². The molecule has 0 fully saturated rings. The van der Waals surface area contributed by atoms with Crippen LogP contribution >= 0.6 is 0 Å². The minimum Gasteiger partial charge on any atom is -0.496 e. The molecule has 1 unspecified atom stereocenters. The Balaban J connectivity index is 2.19. The topological polar surface area (TPSA) is 60.2 Å². The van der Waals surface area contributed by atoms with Crippen LogP contribution < -0.4 is 15.8 Å². The van der Waals surface area contributed by atoms with Crippen LogP contribution in [0.1, 0.15) is 19.8 Å². The standard InChI is InChI=1S/C15H21N3O/c1-3-11(16)7-9-17-15-13-5-4-6-14(19-2)12(13)8-10-18-15/h4-6,8,10-11H,3,7,9,16H2,1-2H3,(H,17,18). The summed E-state index contributed by atoms with van der Waals surface area (Å²) >= 11 is 0. The zero-order valence-corrected chi connectivity index (χ0v) is 11.5. The average Bonchev–Trinajstić information content (AvgIpc) is 2.46. The van der Waals surface area contributed by atoms with Crippen molar-refractivity contribution < 1.29 is 4.74 Å². The number of fused-ring (bicyclic) bond motifs is 1. The molecular weight excluding hydrogens is 238 g/mol. The smallest absolute Gasteiger partial charge is 0.133 e. The van der Waals surface area contributed by atoms with Crippen molar-refractivity contribution in [2.75, 3.05) is 19.0 Å². The summed E-state index contributed by atoms with van der Waals surface area (Å²) in [7, 11) is 1.68. The molecule has 19 heavy (non-hydrogen) atoms. The number of nitrogens with zero attached hydrogens (tertiary/aromatic N) is 1. The van der Waals surface area contributed by atoms with E-state index in [1.165, 1.54) is 0 Å². The second-order valence-corrected chi connectivity index (χ2v) is 4.60. The second kappa shape index (κ2) is 6.38. The summed E-state index contributed by atoms with van der Waals surface area (Å²) in [5, 5.41) is 5.50. The molecule has 3 N–H and O–H groups in total. The van der Waals surface area contributed by atoms with E-state index in [1.54, 1.807) is 13.3 Å². The number of aromatic nitrogens is 1. The van der Waals surface area contributed by atoms with Crippen molar-refractivity contribution in [2.24, 2.45) is 5.73 Å². The van der Waals surface area contributed by atoms with Crippen molar-refractivity contribution in [2.45, 2.75) is 25.8 Å². The van der Waals surface area contributed by atoms with Crippen LogP contribution in [0.3, 0.4) is 0 Å². The molecule has 0 saturated carbocycles. The van der Waals surface area contributed by atoms with E-state index in [-0.39, 0.29) is 6.04 Å². The van der Waals surface area contributed by atoms with Gasteiger partial charge in [-0.2, -0.15) is 0 Å². The van der Waals surface area contributed by atoms with Crippen LogP contribution in [0.4, 0.5) is 5.82 Å². The van der Waals surface area contributed by atoms with Gasteiger partial charge in [0.2, 0.25) is 0 Å². The van der Waals surface area contributed by atoms with E-state index >= 15 is 0 Å². The van der Waals surface area contributed by atoms with Crippen LogP contribution in [-0.4, -0.2) is 24.7 Å². The minimum atomic E-state index is 0.247. The van der Waals surface area contributed by atoms with Gasteiger partial charge in [0.15, 0.2) is 0 Å². The molecule has 0 saturated heterocycles. The monoisotopic (exact) mass is 259 g/mol. The number of ether oxygens (including phenoxy) is 1. The third-order valence-corrected chi connectivity index (χ3v) is 3.32. The van der Waals surface area contributed by atoms with Crippen LogP contribution in [0, 0.1) is 0 Å². The molecule has 4 nitrogen and oxygen atoms in total. The van der Waals surface area contributed by atoms with E-state index in [0.29, 0.717) is 0 Å². The first-order valence-corrected chi connectivity index (χ1v) is 6.67. The fourth-order valence-electron chi connectivity index (χ4n) is 2.08. The lowest BCUT2D eigenvalue weighted by molar-refractivity contribution is 0.420. The Hall–Kier alpha value is -1.81. The molecule has 0 aliphatic rings. The van der Waals surface area contributed by atoms with Gasteiger partial charge in [-0.25, -0.2) is 4.98 Å². The summed E-state index contributed by atoms with van der Waals surface area (Å²) in [5.41, 5.74) is 5.91. The summed E-state index contributed by atoms with van der Waals surface area (Å²) in [6, 6.07) is 8.20. The lowest BCUT2D eigenvalue weighted by Gasteiger charge is -2.12. The van der Waals surface area contributed by atoms with E-state index in [4.69, 9.17) is 10.5 Å². The van der Waals surface area contributed by atoms with Gasteiger partial charge in [0, 0.05) is 29.6 Å². The fourth-order valence-corrected chi connectivity index (χ4v) is 2.08. The summed E-state index contributed by atoms with van der Waals surface area (Å²) in [6.45, 7) is 2.93. The number of anilines is 1. The molecule has 0 amide bonds. The molecule has 2 aromatic rings. The van der Waals surface area contributed by atoms with Crippen LogP contribution in [-0.2, 0) is 0 Å². The highest BCUT2D eigenvalue weighted by Crippen LogP contribution is 2.28. The molecule has 0 aliphatic heterocycles. The van der Waals surface area contributed by atoms with Gasteiger partial charge in [-0.15, -0.1) is 0 Å². The maximum Gasteiger partial charge on any atom is 0.133 e. The van der Waals surface area contributed by atoms with E-state index in [0.717, 1.165) is 41.7 Å². The summed E-state index contributed by atoms with van der Waals surface area (Å²) < 4.78 is 5.37. The van der Waals surface area contributed by atoms with Gasteiger partial charge in [-0.1, -0.05) is 19.1 Å². The third kappa shape index (κ3) is 3.15. The molecule has 0 aliphatic carbocycles. The molecule has 0 bridgehead atoms. The van der Waals surface area contributed by atoms with E-state index in [2.05, 4.69) is 17.2 Å². The number of nitrogens with one attached hydrogen (secondary N) is 1. The molecule has 102 valence electrons. The average molecular weight is 259 g/mol. The van der Waals surface area contributed by atoms with E-state index < -0.39 is 0 Å². The Morgan fingerprint density at radius 3 is 2.89 bits per heavy atom. The first kappa shape index (κ1) is 13.6. The number of benzene rings is 1. The Labute approximate surface area is 114 Å². The van der Waals surface area contributed by atoms with Crippen LogP contribution in [0.25, 0.3) is 10.8 Å². The second-order valence-electron chi connectivity index (χ2n) is 4.60. The van der Waals surface area contributed by atoms with Crippen molar-refractivity contribution >= 4 is 16.6 Å². The fraction of sp³-hybridized carbons (Fsp3) is 0.400.